The van der Waals surface area contributed by atoms with Crippen molar-refractivity contribution in [2.45, 2.75) is 45.9 Å². The van der Waals surface area contributed by atoms with Crippen LogP contribution >= 0.6 is 0 Å². The Morgan fingerprint density at radius 1 is 0.875 bits per heavy atom. The van der Waals surface area contributed by atoms with Crippen LogP contribution < -0.4 is 14.2 Å². The smallest absolute Gasteiger partial charge is 0.493 e. The van der Waals surface area contributed by atoms with Crippen LogP contribution in [-0.2, 0) is 12.8 Å². The molecule has 0 N–H and O–H groups in total. The zero-order chi connectivity index (χ0) is 22.7. The maximum atomic E-state index is 12.3. The highest BCUT2D eigenvalue weighted by Crippen LogP contribution is 2.40. The summed E-state index contributed by atoms with van der Waals surface area (Å²) < 4.78 is 52.6. The summed E-state index contributed by atoms with van der Waals surface area (Å²) in [5, 5.41) is 0. The molecular formula is C25H24F3NO3. The van der Waals surface area contributed by atoms with Gasteiger partial charge in [-0.2, -0.15) is 0 Å². The van der Waals surface area contributed by atoms with E-state index in [1.165, 1.54) is 29.8 Å². The van der Waals surface area contributed by atoms with Gasteiger partial charge in [0.1, 0.15) is 23.0 Å². The van der Waals surface area contributed by atoms with Gasteiger partial charge in [0.15, 0.2) is 0 Å². The van der Waals surface area contributed by atoms with E-state index in [-0.39, 0.29) is 5.75 Å². The largest absolute Gasteiger partial charge is 0.573 e. The van der Waals surface area contributed by atoms with Crippen LogP contribution in [0.3, 0.4) is 0 Å². The molecule has 0 unspecified atom stereocenters. The number of halogens is 3. The third-order valence-corrected chi connectivity index (χ3v) is 5.33. The Bertz CT molecular complexity index is 1080. The number of nitrogens with zero attached hydrogens (tertiary/aromatic N) is 1. The molecule has 4 nitrogen and oxygen atoms in total. The van der Waals surface area contributed by atoms with Gasteiger partial charge in [-0.1, -0.05) is 12.1 Å². The first-order valence-corrected chi connectivity index (χ1v) is 10.6. The summed E-state index contributed by atoms with van der Waals surface area (Å²) in [6, 6.07) is 12.8. The van der Waals surface area contributed by atoms with E-state index in [9.17, 15) is 13.2 Å². The number of aryl methyl sites for hydroxylation is 2. The van der Waals surface area contributed by atoms with Crippen molar-refractivity contribution in [3.8, 4) is 34.1 Å². The van der Waals surface area contributed by atoms with Gasteiger partial charge in [0.05, 0.1) is 6.61 Å². The first-order chi connectivity index (χ1) is 15.3. The SMILES string of the molecule is CCOc1c2c(nc(C)c1-c1ccc(Oc3ccc(OC(F)(F)F)cc3)cc1)CCCC2. The van der Waals surface area contributed by atoms with Crippen molar-refractivity contribution in [1.29, 1.82) is 0 Å². The van der Waals surface area contributed by atoms with Crippen molar-refractivity contribution >= 4 is 0 Å². The fraction of sp³-hybridized carbons (Fsp3) is 0.320. The highest BCUT2D eigenvalue weighted by Gasteiger charge is 2.31. The molecule has 0 bridgehead atoms. The Hall–Kier alpha value is -3.22. The Morgan fingerprint density at radius 2 is 1.47 bits per heavy atom. The molecule has 0 spiro atoms. The third kappa shape index (κ3) is 4.98. The Balaban J connectivity index is 1.56. The summed E-state index contributed by atoms with van der Waals surface area (Å²) in [6.07, 6.45) is -0.477. The fourth-order valence-corrected chi connectivity index (χ4v) is 4.01. The molecule has 0 atom stereocenters. The molecule has 168 valence electrons. The Morgan fingerprint density at radius 3 is 2.09 bits per heavy atom. The molecular weight excluding hydrogens is 419 g/mol. The standard InChI is InChI=1S/C25H24F3NO3/c1-3-30-24-21-6-4-5-7-22(21)29-16(2)23(24)17-8-10-18(11-9-17)31-19-12-14-20(15-13-19)32-25(26,27)28/h8-15H,3-7H2,1-2H3. The molecule has 1 aromatic heterocycles. The normalized spacial score (nSPS) is 13.4. The van der Waals surface area contributed by atoms with Crippen LogP contribution in [0.25, 0.3) is 11.1 Å². The highest BCUT2D eigenvalue weighted by atomic mass is 19.4. The van der Waals surface area contributed by atoms with E-state index in [4.69, 9.17) is 14.5 Å². The summed E-state index contributed by atoms with van der Waals surface area (Å²) in [6.45, 7) is 4.57. The van der Waals surface area contributed by atoms with Gasteiger partial charge in [0.25, 0.3) is 0 Å². The van der Waals surface area contributed by atoms with Gasteiger partial charge in [-0.15, -0.1) is 13.2 Å². The monoisotopic (exact) mass is 443 g/mol. The lowest BCUT2D eigenvalue weighted by Crippen LogP contribution is -2.16. The van der Waals surface area contributed by atoms with Crippen molar-refractivity contribution in [2.24, 2.45) is 0 Å². The van der Waals surface area contributed by atoms with Gasteiger partial charge in [-0.25, -0.2) is 0 Å². The molecule has 0 amide bonds. The minimum atomic E-state index is -4.72. The molecule has 3 aromatic rings. The number of ether oxygens (including phenoxy) is 3. The third-order valence-electron chi connectivity index (χ3n) is 5.33. The predicted molar refractivity (Wildman–Crippen MR) is 115 cm³/mol. The molecule has 0 fully saturated rings. The van der Waals surface area contributed by atoms with Gasteiger partial charge < -0.3 is 14.2 Å². The topological polar surface area (TPSA) is 40.6 Å². The minimum absolute atomic E-state index is 0.293. The predicted octanol–water partition coefficient (Wildman–Crippen LogP) is 7.03. The van der Waals surface area contributed by atoms with Crippen LogP contribution in [0, 0.1) is 6.92 Å². The maximum absolute atomic E-state index is 12.3. The summed E-state index contributed by atoms with van der Waals surface area (Å²) in [5.74, 6) is 1.61. The fourth-order valence-electron chi connectivity index (χ4n) is 4.01. The van der Waals surface area contributed by atoms with Gasteiger partial charge in [-0.05, 0) is 81.5 Å². The van der Waals surface area contributed by atoms with E-state index in [1.807, 2.05) is 38.1 Å². The average molecular weight is 443 g/mol. The van der Waals surface area contributed by atoms with Crippen molar-refractivity contribution in [3.05, 3.63) is 65.5 Å². The summed E-state index contributed by atoms with van der Waals surface area (Å²) in [4.78, 5) is 4.85. The van der Waals surface area contributed by atoms with E-state index in [0.717, 1.165) is 53.9 Å². The quantitative estimate of drug-likeness (QED) is 0.410. The summed E-state index contributed by atoms with van der Waals surface area (Å²) >= 11 is 0. The van der Waals surface area contributed by atoms with E-state index in [2.05, 4.69) is 4.74 Å². The lowest BCUT2D eigenvalue weighted by Gasteiger charge is -2.23. The Kier molecular flexibility index (Phi) is 6.26. The van der Waals surface area contributed by atoms with E-state index in [1.54, 1.807) is 0 Å². The molecule has 0 aliphatic heterocycles. The summed E-state index contributed by atoms with van der Waals surface area (Å²) in [7, 11) is 0. The van der Waals surface area contributed by atoms with E-state index < -0.39 is 6.36 Å². The van der Waals surface area contributed by atoms with Crippen LogP contribution in [0.4, 0.5) is 13.2 Å². The molecule has 7 heteroatoms. The zero-order valence-corrected chi connectivity index (χ0v) is 18.0. The molecule has 1 heterocycles. The minimum Gasteiger partial charge on any atom is -0.493 e. The molecule has 2 aromatic carbocycles. The van der Waals surface area contributed by atoms with Crippen LogP contribution in [0.2, 0.25) is 0 Å². The second-order valence-corrected chi connectivity index (χ2v) is 7.61. The second kappa shape index (κ2) is 9.10. The zero-order valence-electron chi connectivity index (χ0n) is 18.0. The average Bonchev–Trinajstić information content (AvgIpc) is 2.75. The van der Waals surface area contributed by atoms with Crippen molar-refractivity contribution < 1.29 is 27.4 Å². The number of hydrogen-bond acceptors (Lipinski definition) is 4. The highest BCUT2D eigenvalue weighted by molar-refractivity contribution is 5.75. The van der Waals surface area contributed by atoms with Gasteiger partial charge in [0, 0.05) is 22.5 Å². The van der Waals surface area contributed by atoms with Crippen molar-refractivity contribution in [1.82, 2.24) is 4.98 Å². The van der Waals surface area contributed by atoms with Crippen molar-refractivity contribution in [2.75, 3.05) is 6.61 Å². The first kappa shape index (κ1) is 22.0. The molecule has 1 aliphatic rings. The molecule has 4 rings (SSSR count). The van der Waals surface area contributed by atoms with Crippen LogP contribution in [-0.4, -0.2) is 18.0 Å². The van der Waals surface area contributed by atoms with Crippen LogP contribution in [0.1, 0.15) is 36.7 Å². The Labute approximate surface area is 185 Å². The van der Waals surface area contributed by atoms with Gasteiger partial charge in [-0.3, -0.25) is 4.98 Å². The van der Waals surface area contributed by atoms with Gasteiger partial charge >= 0.3 is 6.36 Å². The molecule has 1 aliphatic carbocycles. The van der Waals surface area contributed by atoms with Crippen molar-refractivity contribution in [3.63, 3.8) is 0 Å². The van der Waals surface area contributed by atoms with Crippen LogP contribution in [0.5, 0.6) is 23.0 Å². The van der Waals surface area contributed by atoms with Crippen LogP contribution in [0.15, 0.2) is 48.5 Å². The number of alkyl halides is 3. The number of rotatable bonds is 6. The summed E-state index contributed by atoms with van der Waals surface area (Å²) in [5.41, 5.74) is 5.25. The molecule has 32 heavy (non-hydrogen) atoms. The number of aromatic nitrogens is 1. The number of benzene rings is 2. The van der Waals surface area contributed by atoms with E-state index >= 15 is 0 Å². The maximum Gasteiger partial charge on any atom is 0.573 e. The molecule has 0 radical (unpaired) electrons. The molecule has 0 saturated heterocycles. The number of hydrogen-bond donors (Lipinski definition) is 0. The molecule has 0 saturated carbocycles. The second-order valence-electron chi connectivity index (χ2n) is 7.61. The van der Waals surface area contributed by atoms with Gasteiger partial charge in [0.2, 0.25) is 0 Å². The first-order valence-electron chi connectivity index (χ1n) is 10.6. The lowest BCUT2D eigenvalue weighted by atomic mass is 9.91. The number of pyridine rings is 1. The van der Waals surface area contributed by atoms with E-state index in [0.29, 0.717) is 18.1 Å². The number of fused-ring (bicyclic) bond motifs is 1. The lowest BCUT2D eigenvalue weighted by molar-refractivity contribution is -0.274.